The molecule has 1 N–H and O–H groups in total. The molecule has 0 radical (unpaired) electrons. The molecule has 0 atom stereocenters. The maximum absolute atomic E-state index is 9.56. The molecular formula is C15H16O2. The smallest absolute Gasteiger partial charge is 0.126 e. The Morgan fingerprint density at radius 3 is 2.59 bits per heavy atom. The molecule has 0 heterocycles. The quantitative estimate of drug-likeness (QED) is 0.870. The molecule has 88 valence electrons. The number of hydrogen-bond donors (Lipinski definition) is 1. The lowest BCUT2D eigenvalue weighted by atomic mass is 10.1. The fraction of sp³-hybridized carbons (Fsp3) is 0.200. The first kappa shape index (κ1) is 11.5. The minimum Gasteiger partial charge on any atom is -0.508 e. The van der Waals surface area contributed by atoms with Gasteiger partial charge < -0.3 is 9.84 Å². The zero-order valence-electron chi connectivity index (χ0n) is 10.1. The van der Waals surface area contributed by atoms with Crippen molar-refractivity contribution in [2.45, 2.75) is 20.5 Å². The van der Waals surface area contributed by atoms with Crippen molar-refractivity contribution in [2.24, 2.45) is 0 Å². The van der Waals surface area contributed by atoms with Crippen LogP contribution in [0.2, 0.25) is 0 Å². The van der Waals surface area contributed by atoms with Crippen molar-refractivity contribution in [2.75, 3.05) is 0 Å². The molecular weight excluding hydrogens is 212 g/mol. The zero-order valence-corrected chi connectivity index (χ0v) is 10.1. The van der Waals surface area contributed by atoms with Gasteiger partial charge in [-0.25, -0.2) is 0 Å². The van der Waals surface area contributed by atoms with Crippen molar-refractivity contribution in [3.05, 3.63) is 59.2 Å². The van der Waals surface area contributed by atoms with Crippen LogP contribution < -0.4 is 4.74 Å². The number of rotatable bonds is 3. The Morgan fingerprint density at radius 2 is 1.82 bits per heavy atom. The predicted octanol–water partition coefficient (Wildman–Crippen LogP) is 3.59. The average molecular weight is 228 g/mol. The lowest BCUT2D eigenvalue weighted by molar-refractivity contribution is 0.302. The van der Waals surface area contributed by atoms with E-state index in [1.165, 1.54) is 5.56 Å². The van der Waals surface area contributed by atoms with E-state index in [0.29, 0.717) is 6.61 Å². The molecule has 0 saturated carbocycles. The standard InChI is InChI=1S/C15H16O2/c1-11-5-3-6-13(9-11)10-17-15-8-4-7-14(16)12(15)2/h3-9,16H,10H2,1-2H3. The lowest BCUT2D eigenvalue weighted by Gasteiger charge is -2.10. The van der Waals surface area contributed by atoms with E-state index in [1.807, 2.05) is 25.1 Å². The molecule has 2 aromatic carbocycles. The number of phenolic OH excluding ortho intramolecular Hbond substituents is 1. The first-order chi connectivity index (χ1) is 8.16. The molecule has 2 aromatic rings. The number of hydrogen-bond acceptors (Lipinski definition) is 2. The lowest BCUT2D eigenvalue weighted by Crippen LogP contribution is -1.97. The van der Waals surface area contributed by atoms with Gasteiger partial charge in [0, 0.05) is 5.56 Å². The summed E-state index contributed by atoms with van der Waals surface area (Å²) in [5, 5.41) is 9.56. The molecule has 0 fully saturated rings. The monoisotopic (exact) mass is 228 g/mol. The third kappa shape index (κ3) is 2.78. The molecule has 2 nitrogen and oxygen atoms in total. The van der Waals surface area contributed by atoms with Gasteiger partial charge in [0.25, 0.3) is 0 Å². The van der Waals surface area contributed by atoms with Gasteiger partial charge in [-0.1, -0.05) is 35.9 Å². The molecule has 0 spiro atoms. The Morgan fingerprint density at radius 1 is 1.06 bits per heavy atom. The summed E-state index contributed by atoms with van der Waals surface area (Å²) in [5.41, 5.74) is 3.13. The first-order valence-corrected chi connectivity index (χ1v) is 5.64. The van der Waals surface area contributed by atoms with E-state index in [1.54, 1.807) is 12.1 Å². The van der Waals surface area contributed by atoms with Crippen molar-refractivity contribution in [3.63, 3.8) is 0 Å². The zero-order chi connectivity index (χ0) is 12.3. The Labute approximate surface area is 101 Å². The summed E-state index contributed by atoms with van der Waals surface area (Å²) < 4.78 is 5.70. The van der Waals surface area contributed by atoms with E-state index in [0.717, 1.165) is 16.9 Å². The summed E-state index contributed by atoms with van der Waals surface area (Å²) in [7, 11) is 0. The van der Waals surface area contributed by atoms with Crippen LogP contribution >= 0.6 is 0 Å². The number of benzene rings is 2. The van der Waals surface area contributed by atoms with Crippen LogP contribution in [0.25, 0.3) is 0 Å². The molecule has 0 saturated heterocycles. The van der Waals surface area contributed by atoms with E-state index in [4.69, 9.17) is 4.74 Å². The molecule has 0 aliphatic heterocycles. The molecule has 0 aromatic heterocycles. The first-order valence-electron chi connectivity index (χ1n) is 5.64. The number of aromatic hydroxyl groups is 1. The molecule has 2 heteroatoms. The van der Waals surface area contributed by atoms with Crippen LogP contribution in [0.15, 0.2) is 42.5 Å². The van der Waals surface area contributed by atoms with Crippen molar-refractivity contribution in [1.82, 2.24) is 0 Å². The van der Waals surface area contributed by atoms with Crippen LogP contribution in [0, 0.1) is 13.8 Å². The van der Waals surface area contributed by atoms with Crippen molar-refractivity contribution >= 4 is 0 Å². The van der Waals surface area contributed by atoms with Gasteiger partial charge in [-0.15, -0.1) is 0 Å². The highest BCUT2D eigenvalue weighted by Crippen LogP contribution is 2.26. The summed E-state index contributed by atoms with van der Waals surface area (Å²) >= 11 is 0. The van der Waals surface area contributed by atoms with Crippen molar-refractivity contribution in [1.29, 1.82) is 0 Å². The SMILES string of the molecule is Cc1cccc(COc2cccc(O)c2C)c1. The van der Waals surface area contributed by atoms with Gasteiger partial charge in [-0.05, 0) is 31.5 Å². The highest BCUT2D eigenvalue weighted by molar-refractivity contribution is 5.42. The maximum atomic E-state index is 9.56. The van der Waals surface area contributed by atoms with Gasteiger partial charge in [0.1, 0.15) is 18.1 Å². The normalized spacial score (nSPS) is 10.2. The summed E-state index contributed by atoms with van der Waals surface area (Å²) in [6.07, 6.45) is 0. The van der Waals surface area contributed by atoms with Crippen LogP contribution in [-0.4, -0.2) is 5.11 Å². The molecule has 0 unspecified atom stereocenters. The number of aryl methyl sites for hydroxylation is 1. The maximum Gasteiger partial charge on any atom is 0.126 e. The van der Waals surface area contributed by atoms with Gasteiger partial charge in [0.05, 0.1) is 0 Å². The Hall–Kier alpha value is -1.96. The van der Waals surface area contributed by atoms with Gasteiger partial charge in [-0.3, -0.25) is 0 Å². The fourth-order valence-electron chi connectivity index (χ4n) is 1.72. The Bertz CT molecular complexity index is 518. The van der Waals surface area contributed by atoms with E-state index in [9.17, 15) is 5.11 Å². The second kappa shape index (κ2) is 4.91. The average Bonchev–Trinajstić information content (AvgIpc) is 2.31. The third-order valence-corrected chi connectivity index (χ3v) is 2.73. The van der Waals surface area contributed by atoms with Crippen LogP contribution in [0.1, 0.15) is 16.7 Å². The molecule has 0 aliphatic rings. The largest absolute Gasteiger partial charge is 0.508 e. The molecule has 0 amide bonds. The molecule has 0 aliphatic carbocycles. The number of phenols is 1. The van der Waals surface area contributed by atoms with Crippen LogP contribution in [0.3, 0.4) is 0 Å². The summed E-state index contributed by atoms with van der Waals surface area (Å²) in [6.45, 7) is 4.43. The molecule has 0 bridgehead atoms. The van der Waals surface area contributed by atoms with Crippen LogP contribution in [-0.2, 0) is 6.61 Å². The van der Waals surface area contributed by atoms with Gasteiger partial charge >= 0.3 is 0 Å². The highest BCUT2D eigenvalue weighted by atomic mass is 16.5. The van der Waals surface area contributed by atoms with E-state index < -0.39 is 0 Å². The number of ether oxygens (including phenoxy) is 1. The fourth-order valence-corrected chi connectivity index (χ4v) is 1.72. The summed E-state index contributed by atoms with van der Waals surface area (Å²) in [5.74, 6) is 0.998. The Balaban J connectivity index is 2.10. The summed E-state index contributed by atoms with van der Waals surface area (Å²) in [6, 6.07) is 13.5. The van der Waals surface area contributed by atoms with E-state index in [2.05, 4.69) is 19.1 Å². The van der Waals surface area contributed by atoms with E-state index in [-0.39, 0.29) is 5.75 Å². The highest BCUT2D eigenvalue weighted by Gasteiger charge is 2.03. The predicted molar refractivity (Wildman–Crippen MR) is 68.4 cm³/mol. The minimum atomic E-state index is 0.270. The Kier molecular flexibility index (Phi) is 3.33. The van der Waals surface area contributed by atoms with Gasteiger partial charge in [-0.2, -0.15) is 0 Å². The van der Waals surface area contributed by atoms with Crippen LogP contribution in [0.5, 0.6) is 11.5 Å². The summed E-state index contributed by atoms with van der Waals surface area (Å²) in [4.78, 5) is 0. The third-order valence-electron chi connectivity index (χ3n) is 2.73. The molecule has 17 heavy (non-hydrogen) atoms. The van der Waals surface area contributed by atoms with Crippen molar-refractivity contribution < 1.29 is 9.84 Å². The van der Waals surface area contributed by atoms with Gasteiger partial charge in [0.2, 0.25) is 0 Å². The second-order valence-corrected chi connectivity index (χ2v) is 4.18. The topological polar surface area (TPSA) is 29.5 Å². The van der Waals surface area contributed by atoms with Gasteiger partial charge in [0.15, 0.2) is 0 Å². The molecule has 2 rings (SSSR count). The minimum absolute atomic E-state index is 0.270. The van der Waals surface area contributed by atoms with E-state index >= 15 is 0 Å². The van der Waals surface area contributed by atoms with Crippen LogP contribution in [0.4, 0.5) is 0 Å². The second-order valence-electron chi connectivity index (χ2n) is 4.18. The van der Waals surface area contributed by atoms with Crippen molar-refractivity contribution in [3.8, 4) is 11.5 Å².